The van der Waals surface area contributed by atoms with Crippen LogP contribution in [0.25, 0.3) is 20.5 Å². The zero-order valence-corrected chi connectivity index (χ0v) is 29.7. The van der Waals surface area contributed by atoms with Gasteiger partial charge < -0.3 is 30.1 Å². The van der Waals surface area contributed by atoms with E-state index in [0.29, 0.717) is 18.8 Å². The number of ether oxygens (including phenoxy) is 1. The van der Waals surface area contributed by atoms with Crippen LogP contribution < -0.4 is 4.74 Å². The maximum atomic E-state index is 9.10. The monoisotopic (exact) mass is 706 g/mol. The van der Waals surface area contributed by atoms with Crippen LogP contribution in [0.1, 0.15) is 57.2 Å². The van der Waals surface area contributed by atoms with E-state index in [1.165, 1.54) is 69.7 Å². The van der Waals surface area contributed by atoms with Gasteiger partial charge in [0.1, 0.15) is 12.5 Å². The lowest BCUT2D eigenvalue weighted by Crippen LogP contribution is -2.39. The third-order valence-corrected chi connectivity index (χ3v) is 9.47. The predicted molar refractivity (Wildman–Crippen MR) is 194 cm³/mol. The van der Waals surface area contributed by atoms with Gasteiger partial charge in [0, 0.05) is 28.2 Å². The van der Waals surface area contributed by atoms with Gasteiger partial charge in [-0.3, -0.25) is 4.90 Å². The molecule has 0 unspecified atom stereocenters. The molecule has 3 aromatic carbocycles. The summed E-state index contributed by atoms with van der Waals surface area (Å²) in [6, 6.07) is 27.8. The second kappa shape index (κ2) is 19.4. The lowest BCUT2D eigenvalue weighted by Gasteiger charge is -2.30. The summed E-state index contributed by atoms with van der Waals surface area (Å²) in [4.78, 5) is 42.7. The summed E-state index contributed by atoms with van der Waals surface area (Å²) in [5, 5.41) is 30.9. The van der Waals surface area contributed by atoms with E-state index in [9.17, 15) is 0 Å². The van der Waals surface area contributed by atoms with Crippen molar-refractivity contribution in [3.63, 3.8) is 0 Å². The SMILES string of the molecule is CC(C)N(COc1ccc(Cc2c(-c3ccc(CCN4CCCC4)cc3)sc3ccccc23)cc1)C(C)C.O=C(O)C(=O)O.O=C(O)C(=O)O. The van der Waals surface area contributed by atoms with Gasteiger partial charge in [0.05, 0.1) is 0 Å². The van der Waals surface area contributed by atoms with Crippen molar-refractivity contribution in [1.29, 1.82) is 0 Å². The molecule has 0 bridgehead atoms. The van der Waals surface area contributed by atoms with E-state index in [1.54, 1.807) is 0 Å². The van der Waals surface area contributed by atoms with Gasteiger partial charge in [-0.05, 0) is 112 Å². The molecular weight excluding hydrogens is 660 g/mol. The van der Waals surface area contributed by atoms with E-state index < -0.39 is 23.9 Å². The number of fused-ring (bicyclic) bond motifs is 1. The Morgan fingerprint density at radius 1 is 0.740 bits per heavy atom. The quantitative estimate of drug-likeness (QED) is 0.0986. The summed E-state index contributed by atoms with van der Waals surface area (Å²) >= 11 is 1.92. The van der Waals surface area contributed by atoms with Crippen molar-refractivity contribution < 1.29 is 44.3 Å². The molecule has 1 aromatic heterocycles. The highest BCUT2D eigenvalue weighted by atomic mass is 32.1. The van der Waals surface area contributed by atoms with Crippen molar-refractivity contribution in [2.75, 3.05) is 26.4 Å². The molecule has 12 heteroatoms. The van der Waals surface area contributed by atoms with Crippen LogP contribution in [-0.2, 0) is 32.0 Å². The Balaban J connectivity index is 0.000000485. The summed E-state index contributed by atoms with van der Waals surface area (Å²) < 4.78 is 7.49. The molecular formula is C38H46N2O9S. The van der Waals surface area contributed by atoms with Crippen molar-refractivity contribution in [3.8, 4) is 16.2 Å². The molecule has 0 radical (unpaired) electrons. The number of nitrogens with zero attached hydrogens (tertiary/aromatic N) is 2. The average Bonchev–Trinajstić information content (AvgIpc) is 3.73. The van der Waals surface area contributed by atoms with E-state index >= 15 is 0 Å². The molecule has 0 atom stereocenters. The van der Waals surface area contributed by atoms with Gasteiger partial charge in [-0.25, -0.2) is 19.2 Å². The molecule has 268 valence electrons. The van der Waals surface area contributed by atoms with Crippen LogP contribution in [0.5, 0.6) is 5.75 Å². The number of carbonyl (C=O) groups is 4. The number of rotatable bonds is 11. The van der Waals surface area contributed by atoms with E-state index in [2.05, 4.69) is 110 Å². The lowest BCUT2D eigenvalue weighted by molar-refractivity contribution is -0.159. The Morgan fingerprint density at radius 2 is 1.26 bits per heavy atom. The molecule has 1 saturated heterocycles. The second-order valence-electron chi connectivity index (χ2n) is 12.4. The standard InChI is InChI=1S/C34H42N2OS.2C2H2O4/c1-25(2)36(26(3)4)24-37-30-17-13-28(14-18-30)23-32-31-9-5-6-10-33(31)38-34(32)29-15-11-27(12-16-29)19-22-35-20-7-8-21-35;2*3-1(4)2(5)6/h5-6,9-18,25-26H,7-8,19-24H2,1-4H3;2*(H,3,4)(H,5,6). The summed E-state index contributed by atoms with van der Waals surface area (Å²) in [6.45, 7) is 13.2. The highest BCUT2D eigenvalue weighted by Gasteiger charge is 2.17. The zero-order valence-electron chi connectivity index (χ0n) is 28.9. The fourth-order valence-corrected chi connectivity index (χ4v) is 6.80. The molecule has 11 nitrogen and oxygen atoms in total. The van der Waals surface area contributed by atoms with Gasteiger partial charge in [-0.15, -0.1) is 11.3 Å². The van der Waals surface area contributed by atoms with Crippen LogP contribution in [0, 0.1) is 0 Å². The summed E-state index contributed by atoms with van der Waals surface area (Å²) in [5.41, 5.74) is 5.50. The molecule has 1 fully saturated rings. The van der Waals surface area contributed by atoms with Crippen molar-refractivity contribution in [1.82, 2.24) is 9.80 Å². The van der Waals surface area contributed by atoms with Gasteiger partial charge in [0.15, 0.2) is 0 Å². The van der Waals surface area contributed by atoms with Crippen molar-refractivity contribution in [2.24, 2.45) is 0 Å². The number of hydrogen-bond donors (Lipinski definition) is 4. The summed E-state index contributed by atoms with van der Waals surface area (Å²) in [5.74, 6) is -6.37. The average molecular weight is 707 g/mol. The number of aliphatic carboxylic acids is 4. The molecule has 2 heterocycles. The molecule has 1 aliphatic heterocycles. The smallest absolute Gasteiger partial charge is 0.414 e. The highest BCUT2D eigenvalue weighted by molar-refractivity contribution is 7.22. The minimum absolute atomic E-state index is 0.457. The predicted octanol–water partition coefficient (Wildman–Crippen LogP) is 6.56. The Labute approximate surface area is 296 Å². The number of thiophene rings is 1. The molecule has 4 N–H and O–H groups in total. The van der Waals surface area contributed by atoms with Crippen LogP contribution in [0.4, 0.5) is 0 Å². The number of carboxylic acid groups (broad SMARTS) is 4. The normalized spacial score (nSPS) is 12.7. The highest BCUT2D eigenvalue weighted by Crippen LogP contribution is 2.40. The summed E-state index contributed by atoms with van der Waals surface area (Å²) in [6.07, 6.45) is 4.77. The number of hydrogen-bond acceptors (Lipinski definition) is 8. The maximum absolute atomic E-state index is 9.10. The van der Waals surface area contributed by atoms with Crippen LogP contribution in [0.3, 0.4) is 0 Å². The first-order chi connectivity index (χ1) is 23.8. The molecule has 0 saturated carbocycles. The Kier molecular flexibility index (Phi) is 15.4. The van der Waals surface area contributed by atoms with Gasteiger partial charge >= 0.3 is 23.9 Å². The molecule has 1 aliphatic rings. The molecule has 5 rings (SSSR count). The molecule has 0 aliphatic carbocycles. The van der Waals surface area contributed by atoms with Crippen LogP contribution in [0.15, 0.2) is 72.8 Å². The lowest BCUT2D eigenvalue weighted by atomic mass is 9.98. The van der Waals surface area contributed by atoms with Gasteiger partial charge in [-0.1, -0.05) is 54.6 Å². The first-order valence-corrected chi connectivity index (χ1v) is 17.3. The third-order valence-electron chi connectivity index (χ3n) is 8.21. The topological polar surface area (TPSA) is 165 Å². The first-order valence-electron chi connectivity index (χ1n) is 16.5. The third kappa shape index (κ3) is 12.3. The molecule has 50 heavy (non-hydrogen) atoms. The Morgan fingerprint density at radius 3 is 1.78 bits per heavy atom. The second-order valence-corrected chi connectivity index (χ2v) is 13.5. The number of likely N-dealkylation sites (tertiary alicyclic amines) is 1. The van der Waals surface area contributed by atoms with Crippen LogP contribution in [-0.4, -0.2) is 92.6 Å². The van der Waals surface area contributed by atoms with Crippen LogP contribution >= 0.6 is 11.3 Å². The minimum Gasteiger partial charge on any atom is -0.478 e. The minimum atomic E-state index is -1.82. The maximum Gasteiger partial charge on any atom is 0.414 e. The van der Waals surface area contributed by atoms with Crippen molar-refractivity contribution in [2.45, 2.75) is 65.5 Å². The molecule has 4 aromatic rings. The molecule has 0 amide bonds. The number of carboxylic acids is 4. The van der Waals surface area contributed by atoms with Crippen molar-refractivity contribution in [3.05, 3.63) is 89.5 Å². The van der Waals surface area contributed by atoms with E-state index in [1.807, 2.05) is 11.3 Å². The fourth-order valence-electron chi connectivity index (χ4n) is 5.57. The van der Waals surface area contributed by atoms with E-state index in [0.717, 1.165) is 18.6 Å². The van der Waals surface area contributed by atoms with E-state index in [4.69, 9.17) is 44.3 Å². The Hall–Kier alpha value is -4.78. The zero-order chi connectivity index (χ0) is 36.8. The molecule has 0 spiro atoms. The van der Waals surface area contributed by atoms with Gasteiger partial charge in [0.25, 0.3) is 0 Å². The summed E-state index contributed by atoms with van der Waals surface area (Å²) in [7, 11) is 0. The van der Waals surface area contributed by atoms with Gasteiger partial charge in [-0.2, -0.15) is 0 Å². The number of benzene rings is 3. The van der Waals surface area contributed by atoms with Gasteiger partial charge in [0.2, 0.25) is 0 Å². The first kappa shape index (κ1) is 39.7. The van der Waals surface area contributed by atoms with E-state index in [-0.39, 0.29) is 0 Å². The van der Waals surface area contributed by atoms with Crippen molar-refractivity contribution >= 4 is 45.3 Å². The Bertz CT molecular complexity index is 1650. The van der Waals surface area contributed by atoms with Crippen LogP contribution in [0.2, 0.25) is 0 Å². The fraction of sp³-hybridized carbons (Fsp3) is 0.368. The largest absolute Gasteiger partial charge is 0.478 e.